The molecule has 2 fully saturated rings. The van der Waals surface area contributed by atoms with Crippen LogP contribution >= 0.6 is 48.0 Å². The Morgan fingerprint density at radius 1 is 0.975 bits per heavy atom. The van der Waals surface area contributed by atoms with Gasteiger partial charge in [-0.05, 0) is 37.0 Å². The topological polar surface area (TPSA) is 70.2 Å². The van der Waals surface area contributed by atoms with Gasteiger partial charge in [-0.15, -0.1) is 24.8 Å². The van der Waals surface area contributed by atoms with E-state index in [2.05, 4.69) is 16.0 Å². The van der Waals surface area contributed by atoms with Gasteiger partial charge in [0.2, 0.25) is 0 Å². The summed E-state index contributed by atoms with van der Waals surface area (Å²) in [5.41, 5.74) is 1.41. The first-order valence-corrected chi connectivity index (χ1v) is 14.7. The molecule has 2 aliphatic rings. The number of likely N-dealkylation sites (N-methyl/N-ethyl adjacent to an activating group) is 1. The van der Waals surface area contributed by atoms with E-state index in [0.717, 1.165) is 74.9 Å². The number of carbonyl (C=O) groups excluding carboxylic acids is 2. The summed E-state index contributed by atoms with van der Waals surface area (Å²) in [5.74, 6) is 0.388. The van der Waals surface area contributed by atoms with Crippen molar-refractivity contribution < 1.29 is 14.1 Å². The van der Waals surface area contributed by atoms with Crippen LogP contribution in [0.25, 0.3) is 0 Å². The van der Waals surface area contributed by atoms with Crippen molar-refractivity contribution >= 4 is 59.7 Å². The zero-order chi connectivity index (χ0) is 27.0. The van der Waals surface area contributed by atoms with Gasteiger partial charge < -0.3 is 20.4 Å². The van der Waals surface area contributed by atoms with Gasteiger partial charge in [0, 0.05) is 57.4 Å². The van der Waals surface area contributed by atoms with Crippen LogP contribution in [0, 0.1) is 0 Å². The molecule has 2 aromatic rings. The summed E-state index contributed by atoms with van der Waals surface area (Å²) in [6.45, 7) is 5.62. The van der Waals surface area contributed by atoms with Gasteiger partial charge in [-0.3, -0.25) is 9.59 Å². The fourth-order valence-electron chi connectivity index (χ4n) is 6.61. The summed E-state index contributed by atoms with van der Waals surface area (Å²) in [6, 6.07) is 15.2. The Labute approximate surface area is 261 Å². The molecule has 2 saturated heterocycles. The summed E-state index contributed by atoms with van der Waals surface area (Å²) in [7, 11) is 1.78. The number of Topliss-reactive ketones (excluding diaryl/α,β-unsaturated/α-hetero) is 1. The van der Waals surface area contributed by atoms with Gasteiger partial charge in [0.05, 0.1) is 36.2 Å². The van der Waals surface area contributed by atoms with E-state index in [1.807, 2.05) is 48.5 Å². The van der Waals surface area contributed by atoms with E-state index in [9.17, 15) is 9.59 Å². The van der Waals surface area contributed by atoms with Crippen LogP contribution in [0.1, 0.15) is 60.4 Å². The Balaban J connectivity index is 0.00000280. The zero-order valence-corrected chi connectivity index (χ0v) is 26.4. The lowest BCUT2D eigenvalue weighted by Gasteiger charge is -2.55. The standard InChI is InChI=1S/C30H40Cl2N4O2.2ClH/c1-33-29(38)30(13-15-34-16-14-30)36(17-6-3-7-18-36)19-12-25(24-10-11-26(31)27(32)20-24)21-35-22-28(37)23-8-4-2-5-9-23;;/h2,4-5,8-11,20,25,34-35H,3,6-7,12-19,21-22H2,1H3;2*1H/p+1. The monoisotopic (exact) mass is 631 g/mol. The molecule has 222 valence electrons. The fraction of sp³-hybridized carbons (Fsp3) is 0.533. The minimum atomic E-state index is -0.403. The van der Waals surface area contributed by atoms with Crippen LogP contribution in [0.4, 0.5) is 0 Å². The van der Waals surface area contributed by atoms with Crippen molar-refractivity contribution in [2.75, 3.05) is 52.9 Å². The highest BCUT2D eigenvalue weighted by molar-refractivity contribution is 6.42. The second-order valence-corrected chi connectivity index (χ2v) is 11.6. The predicted molar refractivity (Wildman–Crippen MR) is 170 cm³/mol. The predicted octanol–water partition coefficient (Wildman–Crippen LogP) is 5.65. The van der Waals surface area contributed by atoms with Crippen LogP contribution in [0.2, 0.25) is 10.0 Å². The number of rotatable bonds is 11. The number of hydrogen-bond acceptors (Lipinski definition) is 4. The van der Waals surface area contributed by atoms with Crippen LogP contribution in [-0.4, -0.2) is 74.6 Å². The van der Waals surface area contributed by atoms with Crippen molar-refractivity contribution in [3.05, 3.63) is 69.7 Å². The largest absolute Gasteiger partial charge is 0.354 e. The number of amides is 1. The Morgan fingerprint density at radius 3 is 2.27 bits per heavy atom. The molecule has 0 radical (unpaired) electrons. The number of likely N-dealkylation sites (tertiary alicyclic amines) is 1. The third kappa shape index (κ3) is 7.91. The molecule has 0 spiro atoms. The average Bonchev–Trinajstić information content (AvgIpc) is 2.97. The van der Waals surface area contributed by atoms with Crippen LogP contribution in [0.15, 0.2) is 48.5 Å². The average molecular weight is 634 g/mol. The summed E-state index contributed by atoms with van der Waals surface area (Å²) in [4.78, 5) is 26.3. The molecular weight excluding hydrogens is 590 g/mol. The van der Waals surface area contributed by atoms with Gasteiger partial charge in [-0.1, -0.05) is 59.6 Å². The number of carbonyl (C=O) groups is 2. The minimum Gasteiger partial charge on any atom is -0.354 e. The van der Waals surface area contributed by atoms with E-state index in [1.54, 1.807) is 7.05 Å². The van der Waals surface area contributed by atoms with Crippen molar-refractivity contribution in [2.24, 2.45) is 0 Å². The number of quaternary nitrogens is 1. The molecule has 1 atom stereocenters. The molecule has 6 nitrogen and oxygen atoms in total. The molecule has 10 heteroatoms. The van der Waals surface area contributed by atoms with E-state index in [4.69, 9.17) is 23.2 Å². The summed E-state index contributed by atoms with van der Waals surface area (Å²) in [6.07, 6.45) is 6.11. The summed E-state index contributed by atoms with van der Waals surface area (Å²) in [5, 5.41) is 11.0. The maximum Gasteiger partial charge on any atom is 0.281 e. The van der Waals surface area contributed by atoms with E-state index in [-0.39, 0.29) is 49.0 Å². The Bertz CT molecular complexity index is 1090. The van der Waals surface area contributed by atoms with Crippen molar-refractivity contribution in [3.63, 3.8) is 0 Å². The number of hydrogen-bond donors (Lipinski definition) is 3. The maximum atomic E-state index is 13.5. The Hall–Kier alpha value is -1.38. The second kappa shape index (κ2) is 16.3. The van der Waals surface area contributed by atoms with Crippen molar-refractivity contribution in [2.45, 2.75) is 50.0 Å². The first-order valence-electron chi connectivity index (χ1n) is 13.9. The van der Waals surface area contributed by atoms with Crippen LogP contribution < -0.4 is 16.0 Å². The van der Waals surface area contributed by atoms with Gasteiger partial charge in [-0.2, -0.15) is 0 Å². The lowest BCUT2D eigenvalue weighted by molar-refractivity contribution is -0.972. The fourth-order valence-corrected chi connectivity index (χ4v) is 6.92. The number of ketones is 1. The number of piperidine rings is 2. The highest BCUT2D eigenvalue weighted by Gasteiger charge is 2.56. The van der Waals surface area contributed by atoms with Gasteiger partial charge in [0.1, 0.15) is 0 Å². The first-order chi connectivity index (χ1) is 18.4. The highest BCUT2D eigenvalue weighted by atomic mass is 35.5. The van der Waals surface area contributed by atoms with Crippen LogP contribution in [0.5, 0.6) is 0 Å². The molecule has 0 aliphatic carbocycles. The molecule has 0 saturated carbocycles. The molecule has 40 heavy (non-hydrogen) atoms. The van der Waals surface area contributed by atoms with Crippen molar-refractivity contribution in [1.82, 2.24) is 16.0 Å². The number of halogens is 4. The second-order valence-electron chi connectivity index (χ2n) is 10.8. The SMILES string of the molecule is CNC(=O)C1([N+]2(CCC(CNCC(=O)c3ccccc3)c3ccc(Cl)c(Cl)c3)CCCCC2)CCNCC1.Cl.Cl. The number of nitrogens with zero attached hydrogens (tertiary/aromatic N) is 1. The van der Waals surface area contributed by atoms with Gasteiger partial charge in [-0.25, -0.2) is 0 Å². The molecule has 2 aromatic carbocycles. The van der Waals surface area contributed by atoms with E-state index >= 15 is 0 Å². The van der Waals surface area contributed by atoms with Crippen molar-refractivity contribution in [3.8, 4) is 0 Å². The summed E-state index contributed by atoms with van der Waals surface area (Å²) >= 11 is 12.7. The molecular formula is C30H43Cl4N4O2+. The zero-order valence-electron chi connectivity index (χ0n) is 23.2. The maximum absolute atomic E-state index is 13.5. The molecule has 1 unspecified atom stereocenters. The Kier molecular flexibility index (Phi) is 14.2. The van der Waals surface area contributed by atoms with Crippen molar-refractivity contribution in [1.29, 1.82) is 0 Å². The lowest BCUT2D eigenvalue weighted by Crippen LogP contribution is -2.74. The molecule has 0 aromatic heterocycles. The molecule has 4 rings (SSSR count). The van der Waals surface area contributed by atoms with Gasteiger partial charge in [0.25, 0.3) is 5.91 Å². The third-order valence-electron chi connectivity index (χ3n) is 8.75. The normalized spacial score (nSPS) is 18.5. The van der Waals surface area contributed by atoms with E-state index < -0.39 is 5.54 Å². The molecule has 1 amide bonds. The minimum absolute atomic E-state index is 0. The van der Waals surface area contributed by atoms with E-state index in [1.165, 1.54) is 6.42 Å². The van der Waals surface area contributed by atoms with Crippen LogP contribution in [0.3, 0.4) is 0 Å². The van der Waals surface area contributed by atoms with Gasteiger partial charge >= 0.3 is 0 Å². The molecule has 0 bridgehead atoms. The van der Waals surface area contributed by atoms with E-state index in [0.29, 0.717) is 22.2 Å². The lowest BCUT2D eigenvalue weighted by atomic mass is 9.79. The third-order valence-corrected chi connectivity index (χ3v) is 9.49. The summed E-state index contributed by atoms with van der Waals surface area (Å²) < 4.78 is 0.842. The number of benzene rings is 2. The van der Waals surface area contributed by atoms with Gasteiger partial charge in [0.15, 0.2) is 11.3 Å². The smallest absolute Gasteiger partial charge is 0.281 e. The quantitative estimate of drug-likeness (QED) is 0.221. The highest BCUT2D eigenvalue weighted by Crippen LogP contribution is 2.39. The van der Waals surface area contributed by atoms with Crippen LogP contribution in [-0.2, 0) is 4.79 Å². The Morgan fingerprint density at radius 2 is 1.65 bits per heavy atom. The molecule has 2 aliphatic heterocycles. The molecule has 3 N–H and O–H groups in total. The number of nitrogens with one attached hydrogen (secondary N) is 3. The first kappa shape index (κ1) is 34.8. The molecule has 2 heterocycles.